The minimum atomic E-state index is -4.47. The zero-order chi connectivity index (χ0) is 20.6. The molecule has 2 aliphatic carbocycles. The number of anilines is 1. The number of halogens is 3. The molecular weight excluding hydrogens is 383 g/mol. The van der Waals surface area contributed by atoms with Crippen LogP contribution in [0.1, 0.15) is 60.5 Å². The maximum Gasteiger partial charge on any atom is 0.419 e. The summed E-state index contributed by atoms with van der Waals surface area (Å²) in [7, 11) is 0. The van der Waals surface area contributed by atoms with Gasteiger partial charge in [0.05, 0.1) is 28.9 Å². The monoisotopic (exact) mass is 405 g/mol. The third-order valence-electron chi connectivity index (χ3n) is 5.36. The first kappa shape index (κ1) is 19.4. The van der Waals surface area contributed by atoms with Gasteiger partial charge < -0.3 is 11.1 Å². The van der Waals surface area contributed by atoms with E-state index in [1.165, 1.54) is 11.8 Å². The van der Waals surface area contributed by atoms with E-state index in [0.717, 1.165) is 24.7 Å². The van der Waals surface area contributed by atoms with Crippen molar-refractivity contribution < 1.29 is 13.2 Å². The van der Waals surface area contributed by atoms with Gasteiger partial charge in [0.15, 0.2) is 0 Å². The Hall–Kier alpha value is -2.91. The van der Waals surface area contributed by atoms with Gasteiger partial charge in [0.2, 0.25) is 5.95 Å². The molecule has 2 aromatic heterocycles. The first-order valence-electron chi connectivity index (χ1n) is 9.53. The first-order valence-corrected chi connectivity index (χ1v) is 9.53. The fourth-order valence-electron chi connectivity index (χ4n) is 3.58. The number of nitrogens with one attached hydrogen (secondary N) is 2. The molecule has 10 heteroatoms. The minimum Gasteiger partial charge on any atom is -0.403 e. The molecule has 4 N–H and O–H groups in total. The molecule has 0 unspecified atom stereocenters. The summed E-state index contributed by atoms with van der Waals surface area (Å²) >= 11 is 0. The van der Waals surface area contributed by atoms with Crippen LogP contribution in [0.2, 0.25) is 0 Å². The number of nitrogens with zero attached hydrogens (tertiary/aromatic N) is 4. The molecule has 2 heterocycles. The van der Waals surface area contributed by atoms with Crippen molar-refractivity contribution >= 4 is 11.7 Å². The van der Waals surface area contributed by atoms with Crippen LogP contribution in [0.15, 0.2) is 29.3 Å². The van der Waals surface area contributed by atoms with Gasteiger partial charge in [0.1, 0.15) is 0 Å². The number of aryl methyl sites for hydroxylation is 1. The predicted octanol–water partition coefficient (Wildman–Crippen LogP) is 3.50. The van der Waals surface area contributed by atoms with Crippen molar-refractivity contribution in [1.82, 2.24) is 20.2 Å². The Morgan fingerprint density at radius 1 is 1.34 bits per heavy atom. The van der Waals surface area contributed by atoms with E-state index < -0.39 is 11.7 Å². The summed E-state index contributed by atoms with van der Waals surface area (Å²) < 4.78 is 39.6. The summed E-state index contributed by atoms with van der Waals surface area (Å²) in [5.41, 5.74) is 8.43. The number of hydrogen-bond acceptors (Lipinski definition) is 6. The third kappa shape index (κ3) is 4.10. The van der Waals surface area contributed by atoms with Crippen molar-refractivity contribution in [2.24, 2.45) is 10.7 Å². The Kier molecular flexibility index (Phi) is 5.01. The lowest BCUT2D eigenvalue weighted by molar-refractivity contribution is -0.138. The number of allylic oxidation sites excluding steroid dienone is 1. The highest BCUT2D eigenvalue weighted by Gasteiger charge is 2.40. The van der Waals surface area contributed by atoms with E-state index in [1.807, 2.05) is 6.20 Å². The van der Waals surface area contributed by atoms with Crippen molar-refractivity contribution in [3.8, 4) is 0 Å². The van der Waals surface area contributed by atoms with E-state index in [1.54, 1.807) is 6.92 Å². The molecule has 0 aromatic carbocycles. The molecule has 154 valence electrons. The topological polar surface area (TPSA) is 105 Å². The second-order valence-electron chi connectivity index (χ2n) is 7.44. The van der Waals surface area contributed by atoms with Crippen molar-refractivity contribution in [2.75, 3.05) is 11.9 Å². The molecule has 0 spiro atoms. The van der Waals surface area contributed by atoms with Crippen LogP contribution >= 0.6 is 0 Å². The summed E-state index contributed by atoms with van der Waals surface area (Å²) in [6.45, 7) is 2.36. The lowest BCUT2D eigenvalue weighted by Crippen LogP contribution is -2.17. The van der Waals surface area contributed by atoms with Crippen molar-refractivity contribution in [3.63, 3.8) is 0 Å². The molecule has 29 heavy (non-hydrogen) atoms. The third-order valence-corrected chi connectivity index (χ3v) is 5.36. The molecule has 1 fully saturated rings. The number of aromatic amines is 1. The van der Waals surface area contributed by atoms with Gasteiger partial charge in [-0.3, -0.25) is 10.1 Å². The first-order chi connectivity index (χ1) is 13.9. The number of rotatable bonds is 6. The molecule has 1 atom stereocenters. The maximum atomic E-state index is 13.2. The Bertz CT molecular complexity index is 957. The molecule has 0 aliphatic heterocycles. The van der Waals surface area contributed by atoms with Gasteiger partial charge in [-0.1, -0.05) is 0 Å². The number of alkyl halides is 3. The number of aliphatic imine (C=N–C) groups is 1. The van der Waals surface area contributed by atoms with Crippen LogP contribution in [0.4, 0.5) is 19.1 Å². The molecule has 0 amide bonds. The highest BCUT2D eigenvalue weighted by molar-refractivity contribution is 6.00. The summed E-state index contributed by atoms with van der Waals surface area (Å²) in [5.74, 6) is 0.189. The highest BCUT2D eigenvalue weighted by atomic mass is 19.4. The quantitative estimate of drug-likeness (QED) is 0.638. The van der Waals surface area contributed by atoms with Crippen LogP contribution in [-0.2, 0) is 12.6 Å². The van der Waals surface area contributed by atoms with E-state index in [0.29, 0.717) is 30.8 Å². The van der Waals surface area contributed by atoms with Crippen molar-refractivity contribution in [1.29, 1.82) is 0 Å². The molecule has 4 rings (SSSR count). The number of H-pyrrole nitrogens is 1. The molecule has 2 aromatic rings. The second kappa shape index (κ2) is 7.49. The number of nitrogens with two attached hydrogens (primary N) is 1. The van der Waals surface area contributed by atoms with Gasteiger partial charge >= 0.3 is 6.18 Å². The van der Waals surface area contributed by atoms with Crippen molar-refractivity contribution in [3.05, 3.63) is 46.8 Å². The van der Waals surface area contributed by atoms with E-state index in [4.69, 9.17) is 5.73 Å². The van der Waals surface area contributed by atoms with E-state index >= 15 is 0 Å². The predicted molar refractivity (Wildman–Crippen MR) is 103 cm³/mol. The number of aromatic nitrogens is 4. The molecule has 2 aliphatic rings. The fourth-order valence-corrected chi connectivity index (χ4v) is 3.58. The smallest absolute Gasteiger partial charge is 0.403 e. The van der Waals surface area contributed by atoms with E-state index in [9.17, 15) is 13.2 Å². The summed E-state index contributed by atoms with van der Waals surface area (Å²) in [6.07, 6.45) is 2.93. The van der Waals surface area contributed by atoms with E-state index in [2.05, 4.69) is 30.5 Å². The lowest BCUT2D eigenvalue weighted by atomic mass is 10.1. The summed E-state index contributed by atoms with van der Waals surface area (Å²) in [4.78, 5) is 12.6. The Labute approximate surface area is 165 Å². The summed E-state index contributed by atoms with van der Waals surface area (Å²) in [6, 6.07) is 0. The van der Waals surface area contributed by atoms with E-state index in [-0.39, 0.29) is 23.5 Å². The van der Waals surface area contributed by atoms with Gasteiger partial charge in [-0.25, -0.2) is 9.97 Å². The molecule has 1 saturated carbocycles. The number of hydrogen-bond donors (Lipinski definition) is 3. The lowest BCUT2D eigenvalue weighted by Gasteiger charge is -2.14. The fraction of sp³-hybridized carbons (Fsp3) is 0.474. The van der Waals surface area contributed by atoms with Crippen LogP contribution < -0.4 is 11.1 Å². The Morgan fingerprint density at radius 3 is 2.83 bits per heavy atom. The highest BCUT2D eigenvalue weighted by Crippen LogP contribution is 2.44. The normalized spacial score (nSPS) is 20.1. The largest absolute Gasteiger partial charge is 0.419 e. The maximum absolute atomic E-state index is 13.2. The van der Waals surface area contributed by atoms with Crippen molar-refractivity contribution in [2.45, 2.75) is 50.6 Å². The molecule has 0 saturated heterocycles. The number of fused-ring (bicyclic) bond motifs is 1. The Balaban J connectivity index is 1.48. The molecule has 7 nitrogen and oxygen atoms in total. The molecular formula is C19H22F3N7. The standard InChI is InChI=1S/C19H22F3N7/c1-10(24-7-12-4-5-13-8-26-29-16(12)13)15(6-23)27-18-25-9-14(19(20,21)22)17(28-18)11-2-3-11/h6,8-9,11-12H,2-5,7,23H2,1H3,(H,26,29)(H,25,27,28)/b15-6+,24-10?/t12-/m1/s1. The summed E-state index contributed by atoms with van der Waals surface area (Å²) in [5, 5.41) is 10.0. The average molecular weight is 405 g/mol. The second-order valence-corrected chi connectivity index (χ2v) is 7.44. The van der Waals surface area contributed by atoms with Gasteiger partial charge in [-0.2, -0.15) is 18.3 Å². The van der Waals surface area contributed by atoms with Gasteiger partial charge in [0.25, 0.3) is 0 Å². The zero-order valence-corrected chi connectivity index (χ0v) is 15.9. The van der Waals surface area contributed by atoms with Gasteiger partial charge in [-0.05, 0) is 38.2 Å². The Morgan fingerprint density at radius 2 is 2.14 bits per heavy atom. The van der Waals surface area contributed by atoms with Crippen LogP contribution in [-0.4, -0.2) is 32.4 Å². The zero-order valence-electron chi connectivity index (χ0n) is 15.9. The van der Waals surface area contributed by atoms with Crippen LogP contribution in [0, 0.1) is 0 Å². The van der Waals surface area contributed by atoms with Gasteiger partial charge in [-0.15, -0.1) is 0 Å². The molecule has 0 bridgehead atoms. The van der Waals surface area contributed by atoms with Gasteiger partial charge in [0, 0.05) is 36.5 Å². The average Bonchev–Trinajstić information content (AvgIpc) is 3.30. The van der Waals surface area contributed by atoms with Crippen LogP contribution in [0.3, 0.4) is 0 Å². The van der Waals surface area contributed by atoms with Crippen LogP contribution in [0.5, 0.6) is 0 Å². The minimum absolute atomic E-state index is 0.0405. The van der Waals surface area contributed by atoms with Crippen LogP contribution in [0.25, 0.3) is 0 Å². The SMILES string of the molecule is CC(=NC[C@H]1CCc2cn[nH]c21)/C(=C\N)Nc1ncc(C(F)(F)F)c(C2CC2)n1. The molecule has 0 radical (unpaired) electrons.